The topological polar surface area (TPSA) is 109 Å². The fourth-order valence-electron chi connectivity index (χ4n) is 3.80. The van der Waals surface area contributed by atoms with Gasteiger partial charge in [0.1, 0.15) is 11.9 Å². The lowest BCUT2D eigenvalue weighted by Gasteiger charge is -2.16. The van der Waals surface area contributed by atoms with Crippen LogP contribution in [-0.4, -0.2) is 66.4 Å². The van der Waals surface area contributed by atoms with Crippen LogP contribution in [0.1, 0.15) is 29.6 Å². The molecule has 2 aliphatic heterocycles. The second kappa shape index (κ2) is 11.7. The van der Waals surface area contributed by atoms with Gasteiger partial charge in [0.05, 0.1) is 13.7 Å². The second-order valence-electron chi connectivity index (χ2n) is 8.12. The van der Waals surface area contributed by atoms with E-state index in [-0.39, 0.29) is 24.1 Å². The minimum atomic E-state index is -0.492. The van der Waals surface area contributed by atoms with Crippen molar-refractivity contribution in [2.45, 2.75) is 24.5 Å². The van der Waals surface area contributed by atoms with Crippen molar-refractivity contribution in [3.63, 3.8) is 0 Å². The van der Waals surface area contributed by atoms with Gasteiger partial charge in [0.15, 0.2) is 16.7 Å². The normalized spacial score (nSPS) is 17.2. The first-order valence-corrected chi connectivity index (χ1v) is 12.4. The van der Waals surface area contributed by atoms with Gasteiger partial charge in [0, 0.05) is 30.8 Å². The third kappa shape index (κ3) is 6.54. The second-order valence-corrected chi connectivity index (χ2v) is 9.29. The van der Waals surface area contributed by atoms with Crippen molar-refractivity contribution in [2.24, 2.45) is 4.99 Å². The van der Waals surface area contributed by atoms with E-state index in [4.69, 9.17) is 9.47 Å². The Morgan fingerprint density at radius 1 is 1.09 bits per heavy atom. The summed E-state index contributed by atoms with van der Waals surface area (Å²) >= 11 is 1.37. The van der Waals surface area contributed by atoms with Crippen molar-refractivity contribution in [3.05, 3.63) is 54.1 Å². The highest BCUT2D eigenvalue weighted by molar-refractivity contribution is 8.15. The molecule has 10 heteroatoms. The Kier molecular flexibility index (Phi) is 8.25. The van der Waals surface area contributed by atoms with Gasteiger partial charge >= 0.3 is 0 Å². The number of aliphatic imine (C=N–C) groups is 1. The highest BCUT2D eigenvalue weighted by Crippen LogP contribution is 2.29. The molecule has 0 spiro atoms. The van der Waals surface area contributed by atoms with Crippen LogP contribution >= 0.6 is 11.8 Å². The fraction of sp³-hybridized carbons (Fsp3) is 0.360. The molecule has 2 aromatic rings. The summed E-state index contributed by atoms with van der Waals surface area (Å²) in [4.78, 5) is 43.3. The minimum absolute atomic E-state index is 0.0543. The van der Waals surface area contributed by atoms with Crippen molar-refractivity contribution < 1.29 is 23.9 Å². The van der Waals surface area contributed by atoms with Crippen LogP contribution in [0.15, 0.2) is 53.5 Å². The smallest absolute Gasteiger partial charge is 0.262 e. The minimum Gasteiger partial charge on any atom is -0.493 e. The van der Waals surface area contributed by atoms with Crippen molar-refractivity contribution in [2.75, 3.05) is 38.7 Å². The Morgan fingerprint density at radius 3 is 2.51 bits per heavy atom. The molecule has 3 amide bonds. The lowest BCUT2D eigenvalue weighted by atomic mass is 10.2. The van der Waals surface area contributed by atoms with Crippen LogP contribution in [0.5, 0.6) is 11.5 Å². The average molecular weight is 497 g/mol. The van der Waals surface area contributed by atoms with Gasteiger partial charge in [-0.05, 0) is 49.2 Å². The monoisotopic (exact) mass is 496 g/mol. The molecule has 0 saturated carbocycles. The number of amidine groups is 1. The van der Waals surface area contributed by atoms with Crippen molar-refractivity contribution in [1.82, 2.24) is 10.2 Å². The number of nitrogens with zero attached hydrogens (tertiary/aromatic N) is 2. The van der Waals surface area contributed by atoms with Crippen LogP contribution in [-0.2, 0) is 9.59 Å². The maximum absolute atomic E-state index is 12.5. The largest absolute Gasteiger partial charge is 0.493 e. The zero-order valence-electron chi connectivity index (χ0n) is 19.5. The van der Waals surface area contributed by atoms with E-state index in [1.54, 1.807) is 43.5 Å². The molecule has 2 N–H and O–H groups in total. The van der Waals surface area contributed by atoms with E-state index in [1.807, 2.05) is 12.1 Å². The Morgan fingerprint density at radius 2 is 1.80 bits per heavy atom. The van der Waals surface area contributed by atoms with Crippen LogP contribution in [0.25, 0.3) is 0 Å². The molecular weight excluding hydrogens is 468 g/mol. The van der Waals surface area contributed by atoms with E-state index in [0.29, 0.717) is 35.9 Å². The van der Waals surface area contributed by atoms with E-state index in [9.17, 15) is 14.4 Å². The van der Waals surface area contributed by atoms with Crippen molar-refractivity contribution in [1.29, 1.82) is 0 Å². The molecule has 0 aliphatic carbocycles. The van der Waals surface area contributed by atoms with Gasteiger partial charge in [0.2, 0.25) is 5.91 Å². The summed E-state index contributed by atoms with van der Waals surface area (Å²) in [6.45, 7) is 2.44. The number of rotatable bonds is 9. The highest BCUT2D eigenvalue weighted by Gasteiger charge is 2.33. The van der Waals surface area contributed by atoms with Gasteiger partial charge in [-0.2, -0.15) is 4.99 Å². The summed E-state index contributed by atoms with van der Waals surface area (Å²) < 4.78 is 10.9. The first-order valence-electron chi connectivity index (χ1n) is 11.5. The number of methoxy groups -OCH3 is 1. The number of amides is 3. The summed E-state index contributed by atoms with van der Waals surface area (Å²) in [5.74, 6) is 0.479. The van der Waals surface area contributed by atoms with E-state index in [1.165, 1.54) is 11.8 Å². The average Bonchev–Trinajstić information content (AvgIpc) is 3.52. The van der Waals surface area contributed by atoms with Crippen LogP contribution in [0.3, 0.4) is 0 Å². The van der Waals surface area contributed by atoms with Gasteiger partial charge in [-0.15, -0.1) is 0 Å². The van der Waals surface area contributed by atoms with E-state index in [0.717, 1.165) is 31.1 Å². The SMILES string of the molecule is COc1ccccc1OCCNC(=O)c1ccc(NC(=O)C[C@@H]2SC(N3CCCC3)=NC2=O)cc1. The number of benzene rings is 2. The number of nitrogens with one attached hydrogen (secondary N) is 2. The van der Waals surface area contributed by atoms with E-state index < -0.39 is 5.25 Å². The molecule has 2 aromatic carbocycles. The number of anilines is 1. The van der Waals surface area contributed by atoms with Gasteiger partial charge in [-0.25, -0.2) is 0 Å². The zero-order chi connectivity index (χ0) is 24.6. The van der Waals surface area contributed by atoms with Gasteiger partial charge < -0.3 is 25.0 Å². The standard InChI is InChI=1S/C25H28N4O5S/c1-33-19-6-2-3-7-20(19)34-15-12-26-23(31)17-8-10-18(11-9-17)27-22(30)16-21-24(32)28-25(35-21)29-13-4-5-14-29/h2-3,6-11,21H,4-5,12-16H2,1H3,(H,26,31)(H,27,30)/t21-/m0/s1. The third-order valence-electron chi connectivity index (χ3n) is 5.62. The Bertz CT molecular complexity index is 1100. The quantitative estimate of drug-likeness (QED) is 0.514. The number of hydrogen-bond acceptors (Lipinski definition) is 7. The summed E-state index contributed by atoms with van der Waals surface area (Å²) in [6.07, 6.45) is 2.26. The van der Waals surface area contributed by atoms with Crippen LogP contribution in [0.4, 0.5) is 5.69 Å². The summed E-state index contributed by atoms with van der Waals surface area (Å²) in [6, 6.07) is 13.9. The molecule has 2 heterocycles. The number of hydrogen-bond donors (Lipinski definition) is 2. The Balaban J connectivity index is 1.19. The van der Waals surface area contributed by atoms with Crippen molar-refractivity contribution in [3.8, 4) is 11.5 Å². The Hall–Kier alpha value is -3.53. The predicted octanol–water partition coefficient (Wildman–Crippen LogP) is 2.93. The number of carbonyl (C=O) groups excluding carboxylic acids is 3. The maximum Gasteiger partial charge on any atom is 0.262 e. The lowest BCUT2D eigenvalue weighted by molar-refractivity contribution is -0.121. The Labute approximate surface area is 208 Å². The molecule has 1 saturated heterocycles. The van der Waals surface area contributed by atoms with Gasteiger partial charge in [-0.3, -0.25) is 14.4 Å². The van der Waals surface area contributed by atoms with Crippen LogP contribution < -0.4 is 20.1 Å². The molecule has 0 bridgehead atoms. The molecule has 35 heavy (non-hydrogen) atoms. The van der Waals surface area contributed by atoms with E-state index in [2.05, 4.69) is 20.5 Å². The molecule has 0 radical (unpaired) electrons. The van der Waals surface area contributed by atoms with Crippen LogP contribution in [0, 0.1) is 0 Å². The molecule has 4 rings (SSSR count). The first kappa shape index (κ1) is 24.6. The molecule has 0 aromatic heterocycles. The number of thioether (sulfide) groups is 1. The number of carbonyl (C=O) groups is 3. The molecule has 9 nitrogen and oxygen atoms in total. The van der Waals surface area contributed by atoms with Crippen molar-refractivity contribution >= 4 is 40.3 Å². The summed E-state index contributed by atoms with van der Waals surface area (Å²) in [5, 5.41) is 5.83. The zero-order valence-corrected chi connectivity index (χ0v) is 20.3. The molecule has 1 fully saturated rings. The lowest BCUT2D eigenvalue weighted by Crippen LogP contribution is -2.28. The van der Waals surface area contributed by atoms with Gasteiger partial charge in [0.25, 0.3) is 11.8 Å². The molecule has 184 valence electrons. The van der Waals surface area contributed by atoms with Crippen LogP contribution in [0.2, 0.25) is 0 Å². The fourth-order valence-corrected chi connectivity index (χ4v) is 4.92. The molecular formula is C25H28N4O5S. The maximum atomic E-state index is 12.5. The molecule has 0 unspecified atom stereocenters. The highest BCUT2D eigenvalue weighted by atomic mass is 32.2. The predicted molar refractivity (Wildman–Crippen MR) is 135 cm³/mol. The number of ether oxygens (including phenoxy) is 2. The summed E-state index contributed by atoms with van der Waals surface area (Å²) in [7, 11) is 1.57. The molecule has 1 atom stereocenters. The first-order chi connectivity index (χ1) is 17.0. The number of para-hydroxylation sites is 2. The molecule has 2 aliphatic rings. The summed E-state index contributed by atoms with van der Waals surface area (Å²) in [5.41, 5.74) is 1.02. The van der Waals surface area contributed by atoms with E-state index >= 15 is 0 Å². The van der Waals surface area contributed by atoms with Gasteiger partial charge in [-0.1, -0.05) is 23.9 Å². The third-order valence-corrected chi connectivity index (χ3v) is 6.83. The number of likely N-dealkylation sites (tertiary alicyclic amines) is 1.